The molecule has 0 aliphatic rings. The fourth-order valence-corrected chi connectivity index (χ4v) is 2.62. The molecular weight excluding hydrogens is 234 g/mol. The van der Waals surface area contributed by atoms with Crippen molar-refractivity contribution in [3.05, 3.63) is 27.6 Å². The van der Waals surface area contributed by atoms with Crippen LogP contribution >= 0.6 is 11.3 Å². The highest BCUT2D eigenvalue weighted by atomic mass is 32.1. The van der Waals surface area contributed by atoms with E-state index in [0.29, 0.717) is 6.54 Å². The van der Waals surface area contributed by atoms with E-state index in [1.807, 2.05) is 13.0 Å². The first-order valence-electron chi connectivity index (χ1n) is 5.89. The van der Waals surface area contributed by atoms with Crippen LogP contribution in [0.1, 0.15) is 25.1 Å². The van der Waals surface area contributed by atoms with Gasteiger partial charge in [0.15, 0.2) is 0 Å². The van der Waals surface area contributed by atoms with Gasteiger partial charge in [0, 0.05) is 17.5 Å². The highest BCUT2D eigenvalue weighted by molar-refractivity contribution is 7.18. The van der Waals surface area contributed by atoms with Crippen LogP contribution in [-0.4, -0.2) is 15.6 Å². The molecule has 17 heavy (non-hydrogen) atoms. The van der Waals surface area contributed by atoms with Crippen molar-refractivity contribution < 1.29 is 0 Å². The van der Waals surface area contributed by atoms with Gasteiger partial charge in [-0.3, -0.25) is 9.36 Å². The summed E-state index contributed by atoms with van der Waals surface area (Å²) in [5, 5.41) is 0.720. The molecule has 2 aromatic rings. The summed E-state index contributed by atoms with van der Waals surface area (Å²) >= 11 is 1.59. The van der Waals surface area contributed by atoms with E-state index in [4.69, 9.17) is 5.73 Å². The highest BCUT2D eigenvalue weighted by Gasteiger charge is 2.09. The van der Waals surface area contributed by atoms with Crippen LogP contribution in [0.2, 0.25) is 0 Å². The molecule has 2 aromatic heterocycles. The molecule has 0 spiro atoms. The van der Waals surface area contributed by atoms with Gasteiger partial charge >= 0.3 is 0 Å². The number of rotatable bonds is 4. The number of nitrogens with zero attached hydrogens (tertiary/aromatic N) is 2. The lowest BCUT2D eigenvalue weighted by Crippen LogP contribution is -2.31. The number of thiophene rings is 1. The average Bonchev–Trinajstić information content (AvgIpc) is 2.76. The number of aryl methyl sites for hydroxylation is 1. The van der Waals surface area contributed by atoms with E-state index < -0.39 is 0 Å². The second-order valence-corrected chi connectivity index (χ2v) is 5.27. The number of fused-ring (bicyclic) bond motifs is 1. The van der Waals surface area contributed by atoms with E-state index in [0.717, 1.165) is 23.1 Å². The Morgan fingerprint density at radius 2 is 2.29 bits per heavy atom. The fraction of sp³-hybridized carbons (Fsp3) is 0.500. The molecule has 0 saturated carbocycles. The average molecular weight is 251 g/mol. The Hall–Kier alpha value is -1.20. The monoisotopic (exact) mass is 251 g/mol. The van der Waals surface area contributed by atoms with Crippen LogP contribution in [0.3, 0.4) is 0 Å². The van der Waals surface area contributed by atoms with E-state index >= 15 is 0 Å². The fourth-order valence-electron chi connectivity index (χ4n) is 1.70. The zero-order valence-electron chi connectivity index (χ0n) is 10.1. The largest absolute Gasteiger partial charge is 0.326 e. The Morgan fingerprint density at radius 1 is 1.53 bits per heavy atom. The Labute approximate surface area is 104 Å². The van der Waals surface area contributed by atoms with Crippen LogP contribution in [0.4, 0.5) is 0 Å². The molecule has 0 aliphatic carbocycles. The molecule has 0 fully saturated rings. The molecule has 2 N–H and O–H groups in total. The molecule has 4 nitrogen and oxygen atoms in total. The maximum atomic E-state index is 12.2. The van der Waals surface area contributed by atoms with Crippen molar-refractivity contribution in [1.29, 1.82) is 0 Å². The SMILES string of the molecule is CCc1cc2c(=O)n(CC(N)CC)cnc2s1. The summed E-state index contributed by atoms with van der Waals surface area (Å²) in [5.41, 5.74) is 5.89. The topological polar surface area (TPSA) is 60.9 Å². The molecule has 5 heteroatoms. The second-order valence-electron chi connectivity index (χ2n) is 4.16. The minimum atomic E-state index is 0.0104. The van der Waals surface area contributed by atoms with Crippen molar-refractivity contribution in [2.45, 2.75) is 39.3 Å². The Morgan fingerprint density at radius 3 is 2.94 bits per heavy atom. The van der Waals surface area contributed by atoms with Gasteiger partial charge in [-0.2, -0.15) is 0 Å². The molecular formula is C12H17N3OS. The predicted molar refractivity (Wildman–Crippen MR) is 71.5 cm³/mol. The number of hydrogen-bond acceptors (Lipinski definition) is 4. The van der Waals surface area contributed by atoms with Crippen molar-refractivity contribution in [3.8, 4) is 0 Å². The van der Waals surface area contributed by atoms with Crippen LogP contribution in [-0.2, 0) is 13.0 Å². The van der Waals surface area contributed by atoms with Gasteiger partial charge in [-0.1, -0.05) is 13.8 Å². The molecule has 2 heterocycles. The van der Waals surface area contributed by atoms with E-state index in [-0.39, 0.29) is 11.6 Å². The van der Waals surface area contributed by atoms with Crippen LogP contribution in [0.15, 0.2) is 17.2 Å². The van der Waals surface area contributed by atoms with Gasteiger partial charge in [0.05, 0.1) is 11.7 Å². The molecule has 1 atom stereocenters. The van der Waals surface area contributed by atoms with Crippen molar-refractivity contribution in [1.82, 2.24) is 9.55 Å². The molecule has 0 amide bonds. The molecule has 1 unspecified atom stereocenters. The molecule has 0 saturated heterocycles. The summed E-state index contributed by atoms with van der Waals surface area (Å²) in [5.74, 6) is 0. The summed E-state index contributed by atoms with van der Waals surface area (Å²) in [6.07, 6.45) is 3.40. The standard InChI is InChI=1S/C12H17N3OS/c1-3-8(13)6-15-7-14-11-10(12(15)16)5-9(4-2)17-11/h5,7-8H,3-4,6,13H2,1-2H3. The quantitative estimate of drug-likeness (QED) is 0.900. The highest BCUT2D eigenvalue weighted by Crippen LogP contribution is 2.20. The van der Waals surface area contributed by atoms with Gasteiger partial charge in [0.2, 0.25) is 0 Å². The maximum Gasteiger partial charge on any atom is 0.262 e. The lowest BCUT2D eigenvalue weighted by molar-refractivity contribution is 0.525. The molecule has 0 radical (unpaired) electrons. The first kappa shape index (κ1) is 12.3. The van der Waals surface area contributed by atoms with Gasteiger partial charge in [-0.25, -0.2) is 4.98 Å². The van der Waals surface area contributed by atoms with Crippen molar-refractivity contribution in [2.75, 3.05) is 0 Å². The van der Waals surface area contributed by atoms with E-state index in [1.54, 1.807) is 22.2 Å². The molecule has 0 aromatic carbocycles. The molecule has 92 valence electrons. The predicted octanol–water partition coefficient (Wildman–Crippen LogP) is 1.76. The summed E-state index contributed by atoms with van der Waals surface area (Å²) < 4.78 is 1.61. The third-order valence-electron chi connectivity index (χ3n) is 2.87. The van der Waals surface area contributed by atoms with Gasteiger partial charge in [0.25, 0.3) is 5.56 Å². The van der Waals surface area contributed by atoms with E-state index in [1.165, 1.54) is 4.88 Å². The second kappa shape index (κ2) is 4.98. The Balaban J connectivity index is 2.46. The first-order chi connectivity index (χ1) is 8.15. The normalized spacial score (nSPS) is 13.1. The van der Waals surface area contributed by atoms with E-state index in [9.17, 15) is 4.79 Å². The minimum Gasteiger partial charge on any atom is -0.326 e. The van der Waals surface area contributed by atoms with Gasteiger partial charge in [-0.15, -0.1) is 11.3 Å². The van der Waals surface area contributed by atoms with Crippen LogP contribution in [0.25, 0.3) is 10.2 Å². The van der Waals surface area contributed by atoms with Gasteiger partial charge in [0.1, 0.15) is 4.83 Å². The maximum absolute atomic E-state index is 12.2. The lowest BCUT2D eigenvalue weighted by Gasteiger charge is -2.10. The number of aromatic nitrogens is 2. The van der Waals surface area contributed by atoms with Gasteiger partial charge in [-0.05, 0) is 18.9 Å². The van der Waals surface area contributed by atoms with E-state index in [2.05, 4.69) is 11.9 Å². The summed E-state index contributed by atoms with van der Waals surface area (Å²) in [6, 6.07) is 1.96. The zero-order chi connectivity index (χ0) is 12.4. The van der Waals surface area contributed by atoms with Crippen LogP contribution < -0.4 is 11.3 Å². The third-order valence-corrected chi connectivity index (χ3v) is 4.06. The minimum absolute atomic E-state index is 0.0104. The Bertz CT molecular complexity index is 573. The third kappa shape index (κ3) is 2.40. The smallest absolute Gasteiger partial charge is 0.262 e. The first-order valence-corrected chi connectivity index (χ1v) is 6.70. The summed E-state index contributed by atoms with van der Waals surface area (Å²) in [6.45, 7) is 4.63. The lowest BCUT2D eigenvalue weighted by atomic mass is 10.2. The summed E-state index contributed by atoms with van der Waals surface area (Å²) in [7, 11) is 0. The molecule has 0 bridgehead atoms. The van der Waals surface area contributed by atoms with Crippen molar-refractivity contribution >= 4 is 21.6 Å². The van der Waals surface area contributed by atoms with Crippen LogP contribution in [0.5, 0.6) is 0 Å². The van der Waals surface area contributed by atoms with Crippen LogP contribution in [0, 0.1) is 0 Å². The number of hydrogen-bond donors (Lipinski definition) is 1. The summed E-state index contributed by atoms with van der Waals surface area (Å²) in [4.78, 5) is 18.5. The molecule has 2 rings (SSSR count). The zero-order valence-corrected chi connectivity index (χ0v) is 11.0. The number of nitrogens with two attached hydrogens (primary N) is 1. The van der Waals surface area contributed by atoms with Crippen molar-refractivity contribution in [3.63, 3.8) is 0 Å². The van der Waals surface area contributed by atoms with Crippen molar-refractivity contribution in [2.24, 2.45) is 5.73 Å². The molecule has 0 aliphatic heterocycles. The Kier molecular flexibility index (Phi) is 3.59. The van der Waals surface area contributed by atoms with Gasteiger partial charge < -0.3 is 5.73 Å².